The van der Waals surface area contributed by atoms with Gasteiger partial charge in [-0.2, -0.15) is 0 Å². The quantitative estimate of drug-likeness (QED) is 0.735. The van der Waals surface area contributed by atoms with Crippen LogP contribution in [0.5, 0.6) is 0 Å². The van der Waals surface area contributed by atoms with Crippen molar-refractivity contribution in [1.82, 2.24) is 10.3 Å². The van der Waals surface area contributed by atoms with Crippen molar-refractivity contribution in [2.45, 2.75) is 45.6 Å². The summed E-state index contributed by atoms with van der Waals surface area (Å²) in [4.78, 5) is 17.2. The van der Waals surface area contributed by atoms with Gasteiger partial charge in [0.15, 0.2) is 0 Å². The van der Waals surface area contributed by atoms with E-state index in [0.29, 0.717) is 16.1 Å². The number of carbonyl (C=O) groups excluding carboxylic acids is 1. The molecule has 0 bridgehead atoms. The minimum Gasteiger partial charge on any atom is -0.347 e. The monoisotopic (exact) mass is 386 g/mol. The number of hydrogen-bond donors (Lipinski definition) is 1. The summed E-state index contributed by atoms with van der Waals surface area (Å²) in [5, 5.41) is 3.17. The second-order valence-electron chi connectivity index (χ2n) is 7.06. The smallest absolute Gasteiger partial charge is 0.251 e. The Hall–Kier alpha value is -1.68. The van der Waals surface area contributed by atoms with Crippen molar-refractivity contribution < 1.29 is 4.79 Å². The second kappa shape index (κ2) is 6.67. The first kappa shape index (κ1) is 17.2. The van der Waals surface area contributed by atoms with Crippen LogP contribution in [0.3, 0.4) is 0 Å². The zero-order valence-electron chi connectivity index (χ0n) is 14.4. The molecule has 1 saturated carbocycles. The van der Waals surface area contributed by atoms with Gasteiger partial charge in [0, 0.05) is 16.7 Å². The van der Waals surface area contributed by atoms with Crippen LogP contribution in [-0.2, 0) is 6.42 Å². The summed E-state index contributed by atoms with van der Waals surface area (Å²) < 4.78 is 0.675. The Balaban J connectivity index is 1.86. The van der Waals surface area contributed by atoms with E-state index in [0.717, 1.165) is 17.7 Å². The number of rotatable bonds is 5. The van der Waals surface area contributed by atoms with Crippen molar-refractivity contribution in [3.63, 3.8) is 0 Å². The molecular formula is C20H23BrN2O. The Morgan fingerprint density at radius 2 is 1.92 bits per heavy atom. The molecule has 3 rings (SSSR count). The van der Waals surface area contributed by atoms with E-state index in [1.54, 1.807) is 6.07 Å². The van der Waals surface area contributed by atoms with Crippen LogP contribution < -0.4 is 5.32 Å². The van der Waals surface area contributed by atoms with Crippen LogP contribution in [0.25, 0.3) is 11.3 Å². The van der Waals surface area contributed by atoms with Gasteiger partial charge in [0.25, 0.3) is 5.91 Å². The average Bonchev–Trinajstić information content (AvgIpc) is 3.39. The van der Waals surface area contributed by atoms with E-state index in [1.165, 1.54) is 18.4 Å². The Morgan fingerprint density at radius 1 is 1.25 bits per heavy atom. The zero-order chi connectivity index (χ0) is 17.3. The summed E-state index contributed by atoms with van der Waals surface area (Å²) in [6.07, 6.45) is 3.40. The van der Waals surface area contributed by atoms with Gasteiger partial charge in [0.1, 0.15) is 4.60 Å². The molecule has 1 aromatic heterocycles. The lowest BCUT2D eigenvalue weighted by molar-refractivity contribution is 0.0903. The maximum Gasteiger partial charge on any atom is 0.251 e. The average molecular weight is 387 g/mol. The Labute approximate surface area is 152 Å². The molecule has 2 aromatic rings. The first-order chi connectivity index (χ1) is 11.4. The molecule has 0 spiro atoms. The van der Waals surface area contributed by atoms with E-state index in [9.17, 15) is 4.79 Å². The van der Waals surface area contributed by atoms with Crippen LogP contribution in [-0.4, -0.2) is 16.4 Å². The van der Waals surface area contributed by atoms with Crippen LogP contribution in [0.15, 0.2) is 41.0 Å². The highest BCUT2D eigenvalue weighted by Gasteiger charge is 2.38. The molecule has 126 valence electrons. The van der Waals surface area contributed by atoms with Gasteiger partial charge in [-0.25, -0.2) is 4.98 Å². The molecule has 3 nitrogen and oxygen atoms in total. The van der Waals surface area contributed by atoms with Crippen LogP contribution in [0.2, 0.25) is 0 Å². The number of aromatic nitrogens is 1. The molecule has 1 aromatic carbocycles. The summed E-state index contributed by atoms with van der Waals surface area (Å²) in [6.45, 7) is 6.34. The van der Waals surface area contributed by atoms with Crippen molar-refractivity contribution >= 4 is 21.8 Å². The van der Waals surface area contributed by atoms with E-state index in [-0.39, 0.29) is 11.4 Å². The molecule has 1 amide bonds. The second-order valence-corrected chi connectivity index (χ2v) is 7.88. The van der Waals surface area contributed by atoms with Crippen molar-refractivity contribution in [2.75, 3.05) is 0 Å². The van der Waals surface area contributed by atoms with Crippen LogP contribution in [0.1, 0.15) is 49.5 Å². The van der Waals surface area contributed by atoms with Crippen LogP contribution in [0.4, 0.5) is 0 Å². The van der Waals surface area contributed by atoms with Crippen molar-refractivity contribution in [2.24, 2.45) is 5.92 Å². The first-order valence-corrected chi connectivity index (χ1v) is 9.28. The molecule has 0 radical (unpaired) electrons. The number of carbonyl (C=O) groups is 1. The Morgan fingerprint density at radius 3 is 2.50 bits per heavy atom. The molecule has 1 aliphatic carbocycles. The fourth-order valence-electron chi connectivity index (χ4n) is 2.96. The highest BCUT2D eigenvalue weighted by Crippen LogP contribution is 2.39. The number of nitrogens with one attached hydrogen (secondary N) is 1. The number of halogens is 1. The molecular weight excluding hydrogens is 364 g/mol. The van der Waals surface area contributed by atoms with Gasteiger partial charge < -0.3 is 5.32 Å². The molecule has 0 aliphatic heterocycles. The minimum atomic E-state index is -0.157. The first-order valence-electron chi connectivity index (χ1n) is 8.48. The summed E-state index contributed by atoms with van der Waals surface area (Å²) in [5.74, 6) is 0.550. The third-order valence-electron chi connectivity index (χ3n) is 4.75. The highest BCUT2D eigenvalue weighted by molar-refractivity contribution is 9.10. The lowest BCUT2D eigenvalue weighted by Gasteiger charge is -2.26. The maximum atomic E-state index is 12.7. The summed E-state index contributed by atoms with van der Waals surface area (Å²) in [5.41, 5.74) is 3.60. The normalized spacial score (nSPS) is 14.5. The van der Waals surface area contributed by atoms with Crippen molar-refractivity contribution in [3.05, 3.63) is 52.1 Å². The van der Waals surface area contributed by atoms with E-state index in [1.807, 2.05) is 6.07 Å². The Kier molecular flexibility index (Phi) is 4.77. The molecule has 1 N–H and O–H groups in total. The fraction of sp³-hybridized carbons (Fsp3) is 0.400. The predicted octanol–water partition coefficient (Wildman–Crippen LogP) is 4.99. The molecule has 1 aliphatic rings. The van der Waals surface area contributed by atoms with Crippen LogP contribution >= 0.6 is 15.9 Å². The van der Waals surface area contributed by atoms with Gasteiger partial charge in [0.05, 0.1) is 5.69 Å². The zero-order valence-corrected chi connectivity index (χ0v) is 16.0. The summed E-state index contributed by atoms with van der Waals surface area (Å²) in [6, 6.07) is 12.0. The lowest BCUT2D eigenvalue weighted by atomic mass is 9.98. The fourth-order valence-corrected chi connectivity index (χ4v) is 3.40. The molecule has 1 fully saturated rings. The minimum absolute atomic E-state index is 0.0403. The third-order valence-corrected chi connectivity index (χ3v) is 5.15. The molecule has 1 heterocycles. The number of benzene rings is 1. The maximum absolute atomic E-state index is 12.7. The molecule has 0 saturated heterocycles. The topological polar surface area (TPSA) is 42.0 Å². The number of aryl methyl sites for hydroxylation is 1. The number of hydrogen-bond acceptors (Lipinski definition) is 2. The summed E-state index contributed by atoms with van der Waals surface area (Å²) in [7, 11) is 0. The summed E-state index contributed by atoms with van der Waals surface area (Å²) >= 11 is 3.44. The van der Waals surface area contributed by atoms with Crippen molar-refractivity contribution in [3.8, 4) is 11.3 Å². The number of amides is 1. The number of pyridine rings is 1. The molecule has 24 heavy (non-hydrogen) atoms. The van der Waals surface area contributed by atoms with E-state index in [4.69, 9.17) is 0 Å². The van der Waals surface area contributed by atoms with Crippen LogP contribution in [0, 0.1) is 5.92 Å². The largest absolute Gasteiger partial charge is 0.347 e. The van der Waals surface area contributed by atoms with Gasteiger partial charge in [-0.05, 0) is 72.7 Å². The lowest BCUT2D eigenvalue weighted by Crippen LogP contribution is -2.45. The van der Waals surface area contributed by atoms with Gasteiger partial charge in [-0.15, -0.1) is 0 Å². The van der Waals surface area contributed by atoms with Gasteiger partial charge in [-0.1, -0.05) is 31.2 Å². The van der Waals surface area contributed by atoms with Crippen molar-refractivity contribution in [1.29, 1.82) is 0 Å². The van der Waals surface area contributed by atoms with Gasteiger partial charge in [-0.3, -0.25) is 4.79 Å². The van der Waals surface area contributed by atoms with E-state index in [2.05, 4.69) is 71.3 Å². The third kappa shape index (κ3) is 3.86. The highest BCUT2D eigenvalue weighted by atomic mass is 79.9. The molecule has 0 unspecified atom stereocenters. The Bertz CT molecular complexity index is 749. The van der Waals surface area contributed by atoms with Gasteiger partial charge >= 0.3 is 0 Å². The SMILES string of the molecule is CCc1ccc(-c2cc(C(=O)NC(C)(C)C3CC3)cc(Br)n2)cc1. The van der Waals surface area contributed by atoms with E-state index >= 15 is 0 Å². The van der Waals surface area contributed by atoms with Gasteiger partial charge in [0.2, 0.25) is 0 Å². The standard InChI is InChI=1S/C20H23BrN2O/c1-4-13-5-7-14(8-6-13)17-11-15(12-18(21)22-17)19(24)23-20(2,3)16-9-10-16/h5-8,11-12,16H,4,9-10H2,1-3H3,(H,23,24). The molecule has 0 atom stereocenters. The predicted molar refractivity (Wildman–Crippen MR) is 101 cm³/mol. The molecule has 4 heteroatoms. The van der Waals surface area contributed by atoms with E-state index < -0.39 is 0 Å². The number of nitrogens with zero attached hydrogens (tertiary/aromatic N) is 1.